The van der Waals surface area contributed by atoms with E-state index in [-0.39, 0.29) is 49.8 Å². The number of fused-ring (bicyclic) bond motifs is 11. The van der Waals surface area contributed by atoms with Crippen LogP contribution in [0.25, 0.3) is 0 Å². The predicted molar refractivity (Wildman–Crippen MR) is 113 cm³/mol. The largest absolute Gasteiger partial charge is 0.445 e. The molecule has 3 rings (SSSR count). The van der Waals surface area contributed by atoms with Crippen molar-refractivity contribution in [2.75, 3.05) is 26.2 Å². The lowest BCUT2D eigenvalue weighted by molar-refractivity contribution is -0.136. The van der Waals surface area contributed by atoms with Gasteiger partial charge < -0.3 is 15.0 Å². The van der Waals surface area contributed by atoms with E-state index in [1.807, 2.05) is 46.8 Å². The topological polar surface area (TPSA) is 87.7 Å². The molecule has 0 unspecified atom stereocenters. The Morgan fingerprint density at radius 1 is 1.17 bits per heavy atom. The van der Waals surface area contributed by atoms with Crippen LogP contribution in [0.1, 0.15) is 60.3 Å². The second-order valence-corrected chi connectivity index (χ2v) is 9.16. The summed E-state index contributed by atoms with van der Waals surface area (Å²) in [7, 11) is 0. The molecule has 0 aliphatic carbocycles. The van der Waals surface area contributed by atoms with Crippen LogP contribution >= 0.6 is 0 Å². The van der Waals surface area contributed by atoms with Crippen LogP contribution in [0.3, 0.4) is 0 Å². The lowest BCUT2D eigenvalue weighted by atomic mass is 9.80. The monoisotopic (exact) mass is 407 g/mol. The minimum atomic E-state index is -0.880. The van der Waals surface area contributed by atoms with Crippen LogP contribution in [0.4, 0.5) is 4.79 Å². The molecule has 7 nitrogen and oxygen atoms in total. The van der Waals surface area contributed by atoms with Gasteiger partial charge in [0, 0.05) is 12.0 Å². The Labute approximate surface area is 174 Å². The molecule has 1 saturated heterocycles. The van der Waals surface area contributed by atoms with Gasteiger partial charge >= 0.3 is 6.09 Å². The Balaban J connectivity index is 2.21. The van der Waals surface area contributed by atoms with Crippen molar-refractivity contribution in [1.29, 1.82) is 0 Å². The van der Waals surface area contributed by atoms with Gasteiger partial charge in [0.2, 0.25) is 0 Å². The van der Waals surface area contributed by atoms with Gasteiger partial charge in [0.15, 0.2) is 11.6 Å². The predicted octanol–water partition coefficient (Wildman–Crippen LogP) is 2.45. The number of hydrogen-bond donors (Lipinski definition) is 2. The molecule has 164 valence electrons. The number of hydrogen-bond acceptors (Lipinski definition) is 6. The zero-order chi connectivity index (χ0) is 21.7. The standard InChI is InChI=1S/C22H37N3O4/c1-16(2)19(27)22-14-25(15-22)20(28)29-12-10-8-6-7-9-11-21(5,24-17(3)4)18(26)13-23-22/h8,10,16-17,23-24H,6-7,9,11-15H2,1-5H3/t21-/m0/s1. The van der Waals surface area contributed by atoms with Crippen LogP contribution in [-0.2, 0) is 14.3 Å². The summed E-state index contributed by atoms with van der Waals surface area (Å²) in [5.41, 5.74) is -1.53. The zero-order valence-corrected chi connectivity index (χ0v) is 18.5. The first kappa shape index (κ1) is 23.5. The molecule has 0 aromatic carbocycles. The van der Waals surface area contributed by atoms with Crippen molar-refractivity contribution in [3.8, 4) is 0 Å². The first-order valence-corrected chi connectivity index (χ1v) is 10.8. The van der Waals surface area contributed by atoms with Gasteiger partial charge in [-0.15, -0.1) is 0 Å². The maximum atomic E-state index is 13.2. The molecule has 3 aliphatic heterocycles. The number of carbonyl (C=O) groups is 3. The fraction of sp³-hybridized carbons (Fsp3) is 0.773. The first-order valence-electron chi connectivity index (χ1n) is 10.8. The van der Waals surface area contributed by atoms with Crippen molar-refractivity contribution < 1.29 is 19.1 Å². The first-order chi connectivity index (χ1) is 13.6. The molecule has 0 saturated carbocycles. The average molecular weight is 408 g/mol. The second-order valence-electron chi connectivity index (χ2n) is 9.16. The van der Waals surface area contributed by atoms with Crippen molar-refractivity contribution in [1.82, 2.24) is 15.5 Å². The molecule has 7 heteroatoms. The van der Waals surface area contributed by atoms with Crippen LogP contribution in [0.2, 0.25) is 0 Å². The molecule has 3 heterocycles. The number of Topliss-reactive ketones (excluding diaryl/α,β-unsaturated/α-hetero) is 2. The molecule has 29 heavy (non-hydrogen) atoms. The number of carbonyl (C=O) groups excluding carboxylic acids is 3. The van der Waals surface area contributed by atoms with Gasteiger partial charge in [-0.3, -0.25) is 14.9 Å². The Kier molecular flexibility index (Phi) is 8.00. The summed E-state index contributed by atoms with van der Waals surface area (Å²) in [4.78, 5) is 39.8. The quantitative estimate of drug-likeness (QED) is 0.696. The van der Waals surface area contributed by atoms with Crippen molar-refractivity contribution in [3.63, 3.8) is 0 Å². The van der Waals surface area contributed by atoms with Crippen molar-refractivity contribution in [3.05, 3.63) is 12.2 Å². The summed E-state index contributed by atoms with van der Waals surface area (Å²) in [6, 6.07) is 0.176. The van der Waals surface area contributed by atoms with Crippen molar-refractivity contribution in [2.45, 2.75) is 77.4 Å². The lowest BCUT2D eigenvalue weighted by Gasteiger charge is -2.49. The Bertz CT molecular complexity index is 638. The summed E-state index contributed by atoms with van der Waals surface area (Å²) >= 11 is 0. The minimum Gasteiger partial charge on any atom is -0.445 e. The molecule has 0 aromatic rings. The summed E-state index contributed by atoms with van der Waals surface area (Å²) < 4.78 is 5.26. The van der Waals surface area contributed by atoms with Crippen LogP contribution in [0, 0.1) is 5.92 Å². The number of allylic oxidation sites excluding steroid dienone is 1. The molecule has 3 aliphatic rings. The Morgan fingerprint density at radius 3 is 2.48 bits per heavy atom. The van der Waals surface area contributed by atoms with E-state index in [1.54, 1.807) is 0 Å². The third-order valence-electron chi connectivity index (χ3n) is 5.75. The van der Waals surface area contributed by atoms with E-state index in [0.29, 0.717) is 0 Å². The highest BCUT2D eigenvalue weighted by atomic mass is 16.6. The van der Waals surface area contributed by atoms with Crippen molar-refractivity contribution in [2.24, 2.45) is 5.92 Å². The minimum absolute atomic E-state index is 0.0221. The molecule has 0 radical (unpaired) electrons. The molecule has 1 atom stereocenters. The molecule has 1 fully saturated rings. The zero-order valence-electron chi connectivity index (χ0n) is 18.5. The summed E-state index contributed by atoms with van der Waals surface area (Å²) in [5.74, 6) is -0.121. The number of ether oxygens (including phenoxy) is 1. The maximum Gasteiger partial charge on any atom is 0.410 e. The van der Waals surface area contributed by atoms with Gasteiger partial charge in [-0.25, -0.2) is 4.79 Å². The van der Waals surface area contributed by atoms with E-state index in [9.17, 15) is 14.4 Å². The van der Waals surface area contributed by atoms with E-state index >= 15 is 0 Å². The molecule has 0 aromatic heterocycles. The molecular weight excluding hydrogens is 370 g/mol. The summed E-state index contributed by atoms with van der Waals surface area (Å²) in [6.07, 6.45) is 6.94. The van der Waals surface area contributed by atoms with Crippen LogP contribution in [-0.4, -0.2) is 65.9 Å². The highest BCUT2D eigenvalue weighted by Crippen LogP contribution is 2.27. The van der Waals surface area contributed by atoms with Crippen molar-refractivity contribution >= 4 is 17.7 Å². The van der Waals surface area contributed by atoms with Gasteiger partial charge in [-0.1, -0.05) is 32.4 Å². The molecular formula is C22H37N3O4. The number of nitrogens with zero attached hydrogens (tertiary/aromatic N) is 1. The van der Waals surface area contributed by atoms with Gasteiger partial charge in [0.05, 0.1) is 25.2 Å². The molecule has 0 spiro atoms. The van der Waals surface area contributed by atoms with E-state index in [4.69, 9.17) is 4.74 Å². The Morgan fingerprint density at radius 2 is 1.86 bits per heavy atom. The number of nitrogens with one attached hydrogen (secondary N) is 2. The lowest BCUT2D eigenvalue weighted by Crippen LogP contribution is -2.75. The highest BCUT2D eigenvalue weighted by molar-refractivity contribution is 5.95. The smallest absolute Gasteiger partial charge is 0.410 e. The van der Waals surface area contributed by atoms with E-state index in [2.05, 4.69) is 10.6 Å². The second kappa shape index (κ2) is 9.85. The fourth-order valence-corrected chi connectivity index (χ4v) is 4.15. The van der Waals surface area contributed by atoms with Gasteiger partial charge in [0.25, 0.3) is 0 Å². The van der Waals surface area contributed by atoms with Crippen LogP contribution < -0.4 is 10.6 Å². The third kappa shape index (κ3) is 5.89. The normalized spacial score (nSPS) is 29.7. The average Bonchev–Trinajstić information content (AvgIpc) is 2.60. The molecule has 2 N–H and O–H groups in total. The van der Waals surface area contributed by atoms with Gasteiger partial charge in [-0.05, 0) is 40.0 Å². The number of rotatable bonds is 4. The summed E-state index contributed by atoms with van der Waals surface area (Å²) in [5, 5.41) is 6.65. The maximum absolute atomic E-state index is 13.2. The molecule has 1 amide bonds. The van der Waals surface area contributed by atoms with Crippen LogP contribution in [0.15, 0.2) is 12.2 Å². The van der Waals surface area contributed by atoms with E-state index < -0.39 is 17.2 Å². The van der Waals surface area contributed by atoms with E-state index in [1.165, 1.54) is 4.90 Å². The fourth-order valence-electron chi connectivity index (χ4n) is 4.15. The Hall–Kier alpha value is -1.73. The highest BCUT2D eigenvalue weighted by Gasteiger charge is 2.52. The SMILES string of the molecule is CC(C)N[C@@]1(C)CCCCC=CCOC(=O)N2CC(C(=O)C(C)C)(C2)NCC1=O. The van der Waals surface area contributed by atoms with Gasteiger partial charge in [-0.2, -0.15) is 0 Å². The van der Waals surface area contributed by atoms with Crippen LogP contribution in [0.5, 0.6) is 0 Å². The van der Waals surface area contributed by atoms with E-state index in [0.717, 1.165) is 25.7 Å². The number of amides is 1. The molecule has 2 bridgehead atoms. The third-order valence-corrected chi connectivity index (χ3v) is 5.75. The van der Waals surface area contributed by atoms with Gasteiger partial charge in [0.1, 0.15) is 12.1 Å². The summed E-state index contributed by atoms with van der Waals surface area (Å²) in [6.45, 7) is 10.5. The number of ketones is 2.